The number of aromatic nitrogens is 3. The number of methoxy groups -OCH3 is 1. The van der Waals surface area contributed by atoms with Gasteiger partial charge in [-0.3, -0.25) is 4.79 Å². The summed E-state index contributed by atoms with van der Waals surface area (Å²) < 4.78 is 17.2. The van der Waals surface area contributed by atoms with Crippen molar-refractivity contribution in [3.05, 3.63) is 23.8 Å². The van der Waals surface area contributed by atoms with Gasteiger partial charge in [-0.05, 0) is 99.3 Å². The van der Waals surface area contributed by atoms with Crippen LogP contribution in [-0.2, 0) is 9.53 Å². The lowest BCUT2D eigenvalue weighted by atomic mass is 9.49. The molecule has 0 unspecified atom stereocenters. The van der Waals surface area contributed by atoms with E-state index < -0.39 is 0 Å². The second-order valence-electron chi connectivity index (χ2n) is 12.8. The van der Waals surface area contributed by atoms with Crippen molar-refractivity contribution in [3.8, 4) is 11.5 Å². The number of rotatable bonds is 8. The third kappa shape index (κ3) is 5.63. The van der Waals surface area contributed by atoms with E-state index in [0.717, 1.165) is 63.8 Å². The molecule has 8 rings (SSSR count). The summed E-state index contributed by atoms with van der Waals surface area (Å²) in [5.41, 5.74) is 3.49. The average Bonchev–Trinajstić information content (AvgIpc) is 3.02. The Morgan fingerprint density at radius 2 is 1.57 bits per heavy atom. The largest absolute Gasteiger partial charge is 0.493 e. The van der Waals surface area contributed by atoms with Crippen LogP contribution in [0.25, 0.3) is 0 Å². The summed E-state index contributed by atoms with van der Waals surface area (Å²) in [6.07, 6.45) is 12.0. The Bertz CT molecular complexity index is 1250. The molecule has 3 heterocycles. The minimum absolute atomic E-state index is 0.0848. The predicted octanol–water partition coefficient (Wildman–Crippen LogP) is 4.27. The maximum Gasteiger partial charge on any atom is 0.317 e. The number of benzene rings is 1. The Balaban J connectivity index is 1.05. The molecule has 0 atom stereocenters. The molecular weight excluding hydrogens is 534 g/mol. The van der Waals surface area contributed by atoms with Crippen LogP contribution in [-0.4, -0.2) is 73.6 Å². The number of morpholine rings is 1. The fraction of sp³-hybridized carbons (Fsp3) is 0.645. The normalized spacial score (nSPS) is 28.7. The number of nitrogens with one attached hydrogen (secondary N) is 1. The number of carbonyl (C=O) groups excluding carboxylic acids is 1. The third-order valence-corrected chi connectivity index (χ3v) is 9.78. The predicted molar refractivity (Wildman–Crippen MR) is 159 cm³/mol. The van der Waals surface area contributed by atoms with E-state index in [1.807, 2.05) is 12.1 Å². The number of anilines is 3. The first-order valence-corrected chi connectivity index (χ1v) is 15.6. The van der Waals surface area contributed by atoms with E-state index in [-0.39, 0.29) is 11.4 Å². The van der Waals surface area contributed by atoms with Gasteiger partial charge in [0.05, 0.1) is 32.0 Å². The Labute approximate surface area is 247 Å². The van der Waals surface area contributed by atoms with Crippen molar-refractivity contribution < 1.29 is 19.0 Å². The maximum absolute atomic E-state index is 13.5. The van der Waals surface area contributed by atoms with E-state index in [1.165, 1.54) is 25.7 Å². The standard InChI is InChI=1S/C31H41N7O4/c1-40-26-16-21(5-6-25(26)42-27(39)31-17-22-13-23(18-31)15-24(14-22)19-31)20-32-36-28-33-29(37-7-3-2-4-8-37)35-30(34-28)38-9-11-41-12-10-38/h5-6,16,20,22-24H,2-4,7-15,17-19H2,1H3,(H,33,34,35,36). The van der Waals surface area contributed by atoms with Crippen LogP contribution in [0.1, 0.15) is 63.4 Å². The summed E-state index contributed by atoms with van der Waals surface area (Å²) in [5, 5.41) is 4.42. The van der Waals surface area contributed by atoms with E-state index >= 15 is 0 Å². The second-order valence-corrected chi connectivity index (χ2v) is 12.8. The van der Waals surface area contributed by atoms with Crippen molar-refractivity contribution in [2.75, 3.05) is 61.7 Å². The molecule has 0 amide bonds. The van der Waals surface area contributed by atoms with E-state index in [2.05, 4.69) is 30.3 Å². The topological polar surface area (TPSA) is 114 Å². The molecule has 42 heavy (non-hydrogen) atoms. The lowest BCUT2D eigenvalue weighted by molar-refractivity contribution is -0.161. The smallest absolute Gasteiger partial charge is 0.317 e. The van der Waals surface area contributed by atoms with E-state index in [4.69, 9.17) is 19.2 Å². The molecule has 4 saturated carbocycles. The molecular formula is C31H41N7O4. The number of esters is 1. The van der Waals surface area contributed by atoms with Gasteiger partial charge in [0.1, 0.15) is 0 Å². The van der Waals surface area contributed by atoms with Gasteiger partial charge >= 0.3 is 5.97 Å². The van der Waals surface area contributed by atoms with Crippen LogP contribution in [0.3, 0.4) is 0 Å². The molecule has 6 aliphatic rings. The van der Waals surface area contributed by atoms with Crippen LogP contribution in [0.15, 0.2) is 23.3 Å². The minimum atomic E-state index is -0.318. The maximum atomic E-state index is 13.5. The van der Waals surface area contributed by atoms with Gasteiger partial charge in [-0.1, -0.05) is 0 Å². The number of piperidine rings is 1. The Morgan fingerprint density at radius 3 is 2.21 bits per heavy atom. The van der Waals surface area contributed by atoms with Gasteiger partial charge in [0.15, 0.2) is 11.5 Å². The fourth-order valence-electron chi connectivity index (χ4n) is 8.13. The molecule has 2 aromatic rings. The van der Waals surface area contributed by atoms with E-state index in [9.17, 15) is 4.79 Å². The number of ether oxygens (including phenoxy) is 3. The minimum Gasteiger partial charge on any atom is -0.493 e. The Morgan fingerprint density at radius 1 is 0.929 bits per heavy atom. The van der Waals surface area contributed by atoms with Crippen molar-refractivity contribution in [1.82, 2.24) is 15.0 Å². The van der Waals surface area contributed by atoms with E-state index in [1.54, 1.807) is 19.4 Å². The molecule has 2 saturated heterocycles. The summed E-state index contributed by atoms with van der Waals surface area (Å²) in [4.78, 5) is 32.0. The van der Waals surface area contributed by atoms with Crippen molar-refractivity contribution in [2.24, 2.45) is 28.3 Å². The fourth-order valence-corrected chi connectivity index (χ4v) is 8.13. The van der Waals surface area contributed by atoms with E-state index in [0.29, 0.717) is 60.3 Å². The van der Waals surface area contributed by atoms with Crippen LogP contribution in [0.4, 0.5) is 17.8 Å². The van der Waals surface area contributed by atoms with Gasteiger partial charge in [-0.2, -0.15) is 20.1 Å². The summed E-state index contributed by atoms with van der Waals surface area (Å²) >= 11 is 0. The van der Waals surface area contributed by atoms with Crippen LogP contribution >= 0.6 is 0 Å². The number of hydrogen-bond donors (Lipinski definition) is 1. The van der Waals surface area contributed by atoms with Crippen LogP contribution in [0.5, 0.6) is 11.5 Å². The van der Waals surface area contributed by atoms with Gasteiger partial charge < -0.3 is 24.0 Å². The first kappa shape index (κ1) is 27.4. The molecule has 11 nitrogen and oxygen atoms in total. The molecule has 2 aliphatic heterocycles. The summed E-state index contributed by atoms with van der Waals surface area (Å²) in [5.74, 6) is 4.65. The van der Waals surface area contributed by atoms with Crippen molar-refractivity contribution in [2.45, 2.75) is 57.8 Å². The summed E-state index contributed by atoms with van der Waals surface area (Å²) in [6, 6.07) is 5.51. The zero-order valence-corrected chi connectivity index (χ0v) is 24.5. The quantitative estimate of drug-likeness (QED) is 0.212. The number of hydrazone groups is 1. The first-order valence-electron chi connectivity index (χ1n) is 15.6. The number of nitrogens with zero attached hydrogens (tertiary/aromatic N) is 6. The summed E-state index contributed by atoms with van der Waals surface area (Å²) in [7, 11) is 1.59. The molecule has 4 aliphatic carbocycles. The molecule has 224 valence electrons. The second kappa shape index (κ2) is 11.7. The lowest BCUT2D eigenvalue weighted by Crippen LogP contribution is -2.51. The molecule has 11 heteroatoms. The highest BCUT2D eigenvalue weighted by Gasteiger charge is 2.55. The monoisotopic (exact) mass is 575 g/mol. The number of hydrogen-bond acceptors (Lipinski definition) is 11. The Kier molecular flexibility index (Phi) is 7.60. The highest BCUT2D eigenvalue weighted by Crippen LogP contribution is 2.60. The molecule has 0 spiro atoms. The van der Waals surface area contributed by atoms with Gasteiger partial charge in [0.2, 0.25) is 17.8 Å². The number of carbonyl (C=O) groups is 1. The highest BCUT2D eigenvalue weighted by atomic mass is 16.6. The molecule has 1 N–H and O–H groups in total. The first-order chi connectivity index (χ1) is 20.6. The van der Waals surface area contributed by atoms with Crippen molar-refractivity contribution >= 4 is 30.0 Å². The summed E-state index contributed by atoms with van der Waals surface area (Å²) in [6.45, 7) is 4.67. The molecule has 0 radical (unpaired) electrons. The van der Waals surface area contributed by atoms with Crippen molar-refractivity contribution in [3.63, 3.8) is 0 Å². The zero-order valence-electron chi connectivity index (χ0n) is 24.5. The van der Waals surface area contributed by atoms with Gasteiger partial charge in [-0.25, -0.2) is 5.43 Å². The zero-order chi connectivity index (χ0) is 28.5. The average molecular weight is 576 g/mol. The lowest BCUT2D eigenvalue weighted by Gasteiger charge is -2.55. The molecule has 4 bridgehead atoms. The van der Waals surface area contributed by atoms with Crippen LogP contribution in [0.2, 0.25) is 0 Å². The van der Waals surface area contributed by atoms with Crippen molar-refractivity contribution in [1.29, 1.82) is 0 Å². The molecule has 1 aromatic heterocycles. The third-order valence-electron chi connectivity index (χ3n) is 9.78. The highest BCUT2D eigenvalue weighted by molar-refractivity contribution is 5.83. The van der Waals surface area contributed by atoms with Crippen LogP contribution < -0.4 is 24.7 Å². The Hall–Kier alpha value is -3.47. The van der Waals surface area contributed by atoms with Gasteiger partial charge in [0.25, 0.3) is 0 Å². The van der Waals surface area contributed by atoms with Gasteiger partial charge in [-0.15, -0.1) is 0 Å². The molecule has 6 fully saturated rings. The molecule has 1 aromatic carbocycles. The van der Waals surface area contributed by atoms with Crippen LogP contribution in [0, 0.1) is 23.2 Å². The van der Waals surface area contributed by atoms with Gasteiger partial charge in [0, 0.05) is 26.2 Å². The SMILES string of the molecule is COc1cc(C=NNc2nc(N3CCCCC3)nc(N3CCOCC3)n2)ccc1OC(=O)C12CC3CC(CC(C3)C1)C2.